The predicted octanol–water partition coefficient (Wildman–Crippen LogP) is 4.72. The SMILES string of the molecule is COC(=O)c1c(-c2ccccc2)csc1NC(=O)CSc1nnc(C2CCCC2)n1C. The zero-order valence-corrected chi connectivity index (χ0v) is 19.1. The first-order valence-corrected chi connectivity index (χ1v) is 12.0. The summed E-state index contributed by atoms with van der Waals surface area (Å²) in [5, 5.41) is 14.6. The van der Waals surface area contributed by atoms with Gasteiger partial charge in [0.15, 0.2) is 5.16 Å². The number of carbonyl (C=O) groups is 2. The second-order valence-corrected chi connectivity index (χ2v) is 9.25. The molecule has 0 unspecified atom stereocenters. The van der Waals surface area contributed by atoms with Crippen molar-refractivity contribution in [3.05, 3.63) is 47.1 Å². The van der Waals surface area contributed by atoms with E-state index in [-0.39, 0.29) is 11.7 Å². The van der Waals surface area contributed by atoms with Crippen LogP contribution in [-0.4, -0.2) is 39.5 Å². The summed E-state index contributed by atoms with van der Waals surface area (Å²) >= 11 is 2.66. The molecule has 162 valence electrons. The lowest BCUT2D eigenvalue weighted by Crippen LogP contribution is -2.16. The standard InChI is InChI=1S/C22H24N4O3S2/c1-26-19(15-10-6-7-11-15)24-25-22(26)31-13-17(27)23-20-18(21(28)29-2)16(12-30-20)14-8-4-3-5-9-14/h3-5,8-9,12,15H,6-7,10-11,13H2,1-2H3,(H,23,27). The van der Waals surface area contributed by atoms with Gasteiger partial charge < -0.3 is 14.6 Å². The van der Waals surface area contributed by atoms with E-state index >= 15 is 0 Å². The van der Waals surface area contributed by atoms with E-state index in [4.69, 9.17) is 4.74 Å². The number of nitrogens with zero attached hydrogens (tertiary/aromatic N) is 3. The van der Waals surface area contributed by atoms with Crippen molar-refractivity contribution in [3.8, 4) is 11.1 Å². The van der Waals surface area contributed by atoms with Crippen LogP contribution in [0.25, 0.3) is 11.1 Å². The number of nitrogens with one attached hydrogen (secondary N) is 1. The first kappa shape index (κ1) is 21.6. The van der Waals surface area contributed by atoms with E-state index < -0.39 is 5.97 Å². The maximum absolute atomic E-state index is 12.6. The van der Waals surface area contributed by atoms with Crippen LogP contribution in [-0.2, 0) is 16.6 Å². The van der Waals surface area contributed by atoms with Crippen LogP contribution in [0.2, 0.25) is 0 Å². The summed E-state index contributed by atoms with van der Waals surface area (Å²) in [6.45, 7) is 0. The number of benzene rings is 1. The summed E-state index contributed by atoms with van der Waals surface area (Å²) < 4.78 is 6.96. The molecule has 0 radical (unpaired) electrons. The van der Waals surface area contributed by atoms with Gasteiger partial charge in [-0.05, 0) is 18.4 Å². The first-order chi connectivity index (χ1) is 15.1. The van der Waals surface area contributed by atoms with E-state index in [1.807, 2.05) is 47.3 Å². The van der Waals surface area contributed by atoms with Crippen molar-refractivity contribution in [2.75, 3.05) is 18.2 Å². The quantitative estimate of drug-likeness (QED) is 0.409. The molecule has 0 saturated heterocycles. The molecule has 31 heavy (non-hydrogen) atoms. The molecule has 3 aromatic rings. The maximum atomic E-state index is 12.6. The molecule has 2 aromatic heterocycles. The van der Waals surface area contributed by atoms with Crippen LogP contribution in [0.4, 0.5) is 5.00 Å². The van der Waals surface area contributed by atoms with Gasteiger partial charge in [0, 0.05) is 23.9 Å². The van der Waals surface area contributed by atoms with E-state index in [9.17, 15) is 9.59 Å². The molecule has 7 nitrogen and oxygen atoms in total. The fourth-order valence-electron chi connectivity index (χ4n) is 3.87. The highest BCUT2D eigenvalue weighted by Gasteiger charge is 2.24. The molecule has 1 aliphatic carbocycles. The number of methoxy groups -OCH3 is 1. The van der Waals surface area contributed by atoms with Crippen molar-refractivity contribution in [2.45, 2.75) is 36.8 Å². The van der Waals surface area contributed by atoms with Crippen LogP contribution in [0.1, 0.15) is 47.8 Å². The Kier molecular flexibility index (Phi) is 6.72. The third kappa shape index (κ3) is 4.67. The van der Waals surface area contributed by atoms with Gasteiger partial charge >= 0.3 is 5.97 Å². The number of carbonyl (C=O) groups excluding carboxylic acids is 2. The summed E-state index contributed by atoms with van der Waals surface area (Å²) in [6.07, 6.45) is 4.76. The number of esters is 1. The van der Waals surface area contributed by atoms with Gasteiger partial charge in [-0.15, -0.1) is 21.5 Å². The molecule has 9 heteroatoms. The molecular formula is C22H24N4O3S2. The number of amides is 1. The van der Waals surface area contributed by atoms with Crippen LogP contribution in [0.3, 0.4) is 0 Å². The molecule has 1 aromatic carbocycles. The molecule has 0 atom stereocenters. The van der Waals surface area contributed by atoms with E-state index in [0.717, 1.165) is 34.9 Å². The Morgan fingerprint density at radius 2 is 1.97 bits per heavy atom. The third-order valence-corrected chi connectivity index (χ3v) is 7.36. The monoisotopic (exact) mass is 456 g/mol. The molecule has 2 heterocycles. The summed E-state index contributed by atoms with van der Waals surface area (Å²) in [6, 6.07) is 9.57. The number of thioether (sulfide) groups is 1. The highest BCUT2D eigenvalue weighted by atomic mass is 32.2. The number of aromatic nitrogens is 3. The second kappa shape index (κ2) is 9.65. The van der Waals surface area contributed by atoms with Crippen LogP contribution in [0, 0.1) is 0 Å². The van der Waals surface area contributed by atoms with Gasteiger partial charge in [0.1, 0.15) is 16.4 Å². The topological polar surface area (TPSA) is 86.1 Å². The van der Waals surface area contributed by atoms with Gasteiger partial charge in [0.05, 0.1) is 12.9 Å². The minimum atomic E-state index is -0.474. The van der Waals surface area contributed by atoms with E-state index in [2.05, 4.69) is 15.5 Å². The van der Waals surface area contributed by atoms with Crippen LogP contribution < -0.4 is 5.32 Å². The van der Waals surface area contributed by atoms with E-state index in [0.29, 0.717) is 16.5 Å². The largest absolute Gasteiger partial charge is 0.465 e. The summed E-state index contributed by atoms with van der Waals surface area (Å²) in [5.74, 6) is 0.958. The molecule has 1 saturated carbocycles. The molecule has 1 N–H and O–H groups in total. The van der Waals surface area contributed by atoms with Gasteiger partial charge in [-0.25, -0.2) is 4.79 Å². The number of thiophene rings is 1. The Bertz CT molecular complexity index is 1070. The number of ether oxygens (including phenoxy) is 1. The molecule has 0 spiro atoms. The highest BCUT2D eigenvalue weighted by molar-refractivity contribution is 7.99. The van der Waals surface area contributed by atoms with Crippen LogP contribution in [0.15, 0.2) is 40.9 Å². The lowest BCUT2D eigenvalue weighted by Gasteiger charge is -2.09. The molecule has 1 fully saturated rings. The van der Waals surface area contributed by atoms with Crippen molar-refractivity contribution in [3.63, 3.8) is 0 Å². The molecule has 1 amide bonds. The normalized spacial score (nSPS) is 14.0. The Hall–Kier alpha value is -2.65. The number of hydrogen-bond acceptors (Lipinski definition) is 7. The van der Waals surface area contributed by atoms with Crippen molar-refractivity contribution in [1.29, 1.82) is 0 Å². The lowest BCUT2D eigenvalue weighted by molar-refractivity contribution is -0.113. The van der Waals surface area contributed by atoms with Gasteiger partial charge in [-0.3, -0.25) is 4.79 Å². The summed E-state index contributed by atoms with van der Waals surface area (Å²) in [4.78, 5) is 25.1. The van der Waals surface area contributed by atoms with Crippen molar-refractivity contribution in [2.24, 2.45) is 7.05 Å². The van der Waals surface area contributed by atoms with Gasteiger partial charge in [0.2, 0.25) is 5.91 Å². The van der Waals surface area contributed by atoms with Crippen LogP contribution >= 0.6 is 23.1 Å². The van der Waals surface area contributed by atoms with E-state index in [1.54, 1.807) is 0 Å². The van der Waals surface area contributed by atoms with Gasteiger partial charge in [-0.2, -0.15) is 0 Å². The lowest BCUT2D eigenvalue weighted by atomic mass is 10.0. The second-order valence-electron chi connectivity index (χ2n) is 7.43. The Labute approximate surface area is 189 Å². The minimum absolute atomic E-state index is 0.176. The molecule has 0 aliphatic heterocycles. The molecule has 1 aliphatic rings. The van der Waals surface area contributed by atoms with Gasteiger partial charge in [0.25, 0.3) is 0 Å². The fraction of sp³-hybridized carbons (Fsp3) is 0.364. The van der Waals surface area contributed by atoms with Crippen LogP contribution in [0.5, 0.6) is 0 Å². The first-order valence-electron chi connectivity index (χ1n) is 10.2. The summed E-state index contributed by atoms with van der Waals surface area (Å²) in [7, 11) is 3.29. The van der Waals surface area contributed by atoms with Gasteiger partial charge in [-0.1, -0.05) is 54.9 Å². The maximum Gasteiger partial charge on any atom is 0.341 e. The minimum Gasteiger partial charge on any atom is -0.465 e. The number of hydrogen-bond donors (Lipinski definition) is 1. The highest BCUT2D eigenvalue weighted by Crippen LogP contribution is 2.37. The Balaban J connectivity index is 1.45. The average molecular weight is 457 g/mol. The third-order valence-electron chi connectivity index (χ3n) is 5.44. The zero-order valence-electron chi connectivity index (χ0n) is 17.5. The Morgan fingerprint density at radius 1 is 1.23 bits per heavy atom. The predicted molar refractivity (Wildman–Crippen MR) is 123 cm³/mol. The zero-order chi connectivity index (χ0) is 21.8. The van der Waals surface area contributed by atoms with E-state index in [1.165, 1.54) is 43.1 Å². The smallest absolute Gasteiger partial charge is 0.341 e. The van der Waals surface area contributed by atoms with Crippen molar-refractivity contribution < 1.29 is 14.3 Å². The molecule has 0 bridgehead atoms. The molecular weight excluding hydrogens is 432 g/mol. The van der Waals surface area contributed by atoms with Crippen molar-refractivity contribution in [1.82, 2.24) is 14.8 Å². The average Bonchev–Trinajstić information content (AvgIpc) is 3.53. The summed E-state index contributed by atoms with van der Waals surface area (Å²) in [5.41, 5.74) is 2.02. The number of rotatable bonds is 7. The fourth-order valence-corrected chi connectivity index (χ4v) is 5.56. The van der Waals surface area contributed by atoms with Crippen molar-refractivity contribution >= 4 is 40.0 Å². The molecule has 4 rings (SSSR count). The Morgan fingerprint density at radius 3 is 2.68 bits per heavy atom. The number of anilines is 1.